The normalized spacial score (nSPS) is 22.6. The van der Waals surface area contributed by atoms with Crippen LogP contribution in [-0.2, 0) is 4.79 Å². The summed E-state index contributed by atoms with van der Waals surface area (Å²) >= 11 is 0. The molecule has 3 aliphatic rings. The van der Waals surface area contributed by atoms with Crippen molar-refractivity contribution in [3.05, 3.63) is 36.4 Å². The zero-order valence-corrected chi connectivity index (χ0v) is 18.4. The van der Waals surface area contributed by atoms with Crippen molar-refractivity contribution in [2.45, 2.75) is 63.7 Å². The van der Waals surface area contributed by atoms with Gasteiger partial charge in [0.1, 0.15) is 0 Å². The maximum atomic E-state index is 13.2. The zero-order valence-electron chi connectivity index (χ0n) is 18.4. The summed E-state index contributed by atoms with van der Waals surface area (Å²) in [6, 6.07) is 4.07. The van der Waals surface area contributed by atoms with Gasteiger partial charge < -0.3 is 9.80 Å². The van der Waals surface area contributed by atoms with E-state index in [1.165, 1.54) is 32.1 Å². The second kappa shape index (κ2) is 9.33. The number of rotatable bonds is 4. The molecule has 0 radical (unpaired) electrons. The number of anilines is 1. The summed E-state index contributed by atoms with van der Waals surface area (Å²) in [7, 11) is 0. The summed E-state index contributed by atoms with van der Waals surface area (Å²) in [4.78, 5) is 31.7. The van der Waals surface area contributed by atoms with Crippen LogP contribution in [0.3, 0.4) is 0 Å². The fourth-order valence-corrected chi connectivity index (χ4v) is 5.53. The van der Waals surface area contributed by atoms with Crippen LogP contribution in [-0.4, -0.2) is 51.9 Å². The number of carbonyl (C=O) groups excluding carboxylic acids is 1. The van der Waals surface area contributed by atoms with Gasteiger partial charge >= 0.3 is 0 Å². The summed E-state index contributed by atoms with van der Waals surface area (Å²) in [6.45, 7) is 3.74. The van der Waals surface area contributed by atoms with Crippen LogP contribution in [0, 0.1) is 5.92 Å². The number of likely N-dealkylation sites (tertiary alicyclic amines) is 1. The summed E-state index contributed by atoms with van der Waals surface area (Å²) in [5.41, 5.74) is 3.29. The van der Waals surface area contributed by atoms with Crippen molar-refractivity contribution in [3.63, 3.8) is 0 Å². The van der Waals surface area contributed by atoms with Crippen LogP contribution in [0.5, 0.6) is 0 Å². The predicted octanol–water partition coefficient (Wildman–Crippen LogP) is 4.43. The number of aromatic nitrogens is 3. The number of carbonyl (C=O) groups is 1. The molecule has 1 unspecified atom stereocenters. The quantitative estimate of drug-likeness (QED) is 0.734. The monoisotopic (exact) mass is 419 g/mol. The molecule has 6 nitrogen and oxygen atoms in total. The molecular formula is C25H33N5O. The van der Waals surface area contributed by atoms with Crippen LogP contribution in [0.25, 0.3) is 11.1 Å². The van der Waals surface area contributed by atoms with Crippen molar-refractivity contribution < 1.29 is 4.79 Å². The summed E-state index contributed by atoms with van der Waals surface area (Å²) < 4.78 is 0. The number of piperidine rings is 1. The Balaban J connectivity index is 1.43. The van der Waals surface area contributed by atoms with E-state index in [2.05, 4.69) is 14.8 Å². The lowest BCUT2D eigenvalue weighted by Crippen LogP contribution is -2.43. The Bertz CT molecular complexity index is 890. The number of nitrogens with zero attached hydrogens (tertiary/aromatic N) is 5. The Morgan fingerprint density at radius 2 is 1.68 bits per heavy atom. The van der Waals surface area contributed by atoms with Crippen molar-refractivity contribution in [1.82, 2.24) is 19.9 Å². The molecule has 0 N–H and O–H groups in total. The number of amides is 1. The van der Waals surface area contributed by atoms with Crippen molar-refractivity contribution in [2.75, 3.05) is 31.1 Å². The Morgan fingerprint density at radius 1 is 0.903 bits per heavy atom. The highest BCUT2D eigenvalue weighted by Crippen LogP contribution is 2.35. The Morgan fingerprint density at radius 3 is 2.45 bits per heavy atom. The Hall–Kier alpha value is -2.50. The van der Waals surface area contributed by atoms with Crippen LogP contribution in [0.2, 0.25) is 0 Å². The van der Waals surface area contributed by atoms with Gasteiger partial charge in [0.05, 0.1) is 5.69 Å². The van der Waals surface area contributed by atoms with Crippen molar-refractivity contribution in [2.24, 2.45) is 5.92 Å². The van der Waals surface area contributed by atoms with Gasteiger partial charge in [0.15, 0.2) is 0 Å². The lowest BCUT2D eigenvalue weighted by molar-refractivity contribution is -0.137. The molecule has 6 heteroatoms. The average Bonchev–Trinajstić information content (AvgIpc) is 3.39. The molecule has 0 aromatic carbocycles. The van der Waals surface area contributed by atoms with E-state index in [1.807, 2.05) is 30.7 Å². The van der Waals surface area contributed by atoms with Gasteiger partial charge in [-0.05, 0) is 56.2 Å². The van der Waals surface area contributed by atoms with Gasteiger partial charge in [-0.1, -0.05) is 19.3 Å². The number of hydrogen-bond acceptors (Lipinski definition) is 5. The molecule has 0 bridgehead atoms. The topological polar surface area (TPSA) is 62.2 Å². The third-order valence-electron chi connectivity index (χ3n) is 7.26. The molecule has 2 aromatic heterocycles. The zero-order chi connectivity index (χ0) is 21.0. The third kappa shape index (κ3) is 4.43. The molecule has 1 amide bonds. The van der Waals surface area contributed by atoms with Crippen LogP contribution in [0.1, 0.15) is 69.4 Å². The molecular weight excluding hydrogens is 386 g/mol. The van der Waals surface area contributed by atoms with E-state index in [-0.39, 0.29) is 11.8 Å². The van der Waals surface area contributed by atoms with E-state index < -0.39 is 0 Å². The maximum Gasteiger partial charge on any atom is 0.225 e. The molecule has 5 rings (SSSR count). The van der Waals surface area contributed by atoms with Gasteiger partial charge in [0.25, 0.3) is 0 Å². The molecule has 31 heavy (non-hydrogen) atoms. The molecule has 1 atom stereocenters. The minimum absolute atomic E-state index is 0.234. The second-order valence-corrected chi connectivity index (χ2v) is 9.36. The van der Waals surface area contributed by atoms with Gasteiger partial charge in [0.2, 0.25) is 11.9 Å². The van der Waals surface area contributed by atoms with E-state index in [1.54, 1.807) is 0 Å². The second-order valence-electron chi connectivity index (χ2n) is 9.36. The molecule has 1 saturated carbocycles. The van der Waals surface area contributed by atoms with Crippen LogP contribution < -0.4 is 4.90 Å². The SMILES string of the molecule is O=C(C1CCCCC1)N1CCCC(c2nc(N3CCCC3)ncc2-c2ccncc2)C1. The van der Waals surface area contributed by atoms with Crippen molar-refractivity contribution in [1.29, 1.82) is 0 Å². The third-order valence-corrected chi connectivity index (χ3v) is 7.26. The first-order valence-corrected chi connectivity index (χ1v) is 12.1. The number of pyridine rings is 1. The smallest absolute Gasteiger partial charge is 0.225 e. The molecule has 2 aliphatic heterocycles. The van der Waals surface area contributed by atoms with Gasteiger partial charge in [-0.2, -0.15) is 0 Å². The largest absolute Gasteiger partial charge is 0.342 e. The molecule has 164 valence electrons. The summed E-state index contributed by atoms with van der Waals surface area (Å²) in [5, 5.41) is 0. The standard InChI is InChI=1S/C25H33N5O/c31-24(20-7-2-1-3-8-20)30-16-6-9-21(18-30)23-22(19-10-12-26-13-11-19)17-27-25(28-23)29-14-4-5-15-29/h10-13,17,20-21H,1-9,14-16,18H2. The fraction of sp³-hybridized carbons (Fsp3) is 0.600. The van der Waals surface area contributed by atoms with Crippen LogP contribution in [0.15, 0.2) is 30.7 Å². The molecule has 0 spiro atoms. The molecule has 4 heterocycles. The highest BCUT2D eigenvalue weighted by molar-refractivity contribution is 5.79. The Labute approximate surface area is 185 Å². The van der Waals surface area contributed by atoms with Gasteiger partial charge in [-0.15, -0.1) is 0 Å². The minimum Gasteiger partial charge on any atom is -0.342 e. The Kier molecular flexibility index (Phi) is 6.14. The molecule has 3 fully saturated rings. The summed E-state index contributed by atoms with van der Waals surface area (Å²) in [6.07, 6.45) is 16.0. The first-order valence-electron chi connectivity index (χ1n) is 12.1. The lowest BCUT2D eigenvalue weighted by Gasteiger charge is -2.36. The summed E-state index contributed by atoms with van der Waals surface area (Å²) in [5.74, 6) is 1.72. The predicted molar refractivity (Wildman–Crippen MR) is 122 cm³/mol. The fourth-order valence-electron chi connectivity index (χ4n) is 5.53. The first-order chi connectivity index (χ1) is 15.3. The van der Waals surface area contributed by atoms with Crippen LogP contribution >= 0.6 is 0 Å². The molecule has 1 aliphatic carbocycles. The first kappa shape index (κ1) is 20.4. The number of hydrogen-bond donors (Lipinski definition) is 0. The molecule has 2 aromatic rings. The average molecular weight is 420 g/mol. The van der Waals surface area contributed by atoms with E-state index in [0.29, 0.717) is 5.91 Å². The van der Waals surface area contributed by atoms with E-state index in [4.69, 9.17) is 9.97 Å². The van der Waals surface area contributed by atoms with Crippen molar-refractivity contribution in [3.8, 4) is 11.1 Å². The van der Waals surface area contributed by atoms with Gasteiger partial charge in [-0.25, -0.2) is 9.97 Å². The van der Waals surface area contributed by atoms with Gasteiger partial charge in [0, 0.05) is 62.2 Å². The van der Waals surface area contributed by atoms with Gasteiger partial charge in [-0.3, -0.25) is 9.78 Å². The van der Waals surface area contributed by atoms with Crippen molar-refractivity contribution >= 4 is 11.9 Å². The highest BCUT2D eigenvalue weighted by atomic mass is 16.2. The van der Waals surface area contributed by atoms with Crippen LogP contribution in [0.4, 0.5) is 5.95 Å². The van der Waals surface area contributed by atoms with E-state index in [0.717, 1.165) is 74.6 Å². The van der Waals surface area contributed by atoms with E-state index >= 15 is 0 Å². The maximum absolute atomic E-state index is 13.2. The molecule has 2 saturated heterocycles. The van der Waals surface area contributed by atoms with E-state index in [9.17, 15) is 4.79 Å². The minimum atomic E-state index is 0.234. The highest BCUT2D eigenvalue weighted by Gasteiger charge is 2.32. The lowest BCUT2D eigenvalue weighted by atomic mass is 9.86.